The summed E-state index contributed by atoms with van der Waals surface area (Å²) >= 11 is 0. The smallest absolute Gasteiger partial charge is 0.302 e. The molecule has 0 aliphatic rings. The van der Waals surface area contributed by atoms with E-state index in [1.54, 1.807) is 7.11 Å². The first-order valence-corrected chi connectivity index (χ1v) is 4.82. The zero-order valence-corrected chi connectivity index (χ0v) is 9.59. The number of hydrogen-bond donors (Lipinski definition) is 0. The Labute approximate surface area is 90.0 Å². The third kappa shape index (κ3) is 2.98. The van der Waals surface area contributed by atoms with E-state index in [1.807, 2.05) is 26.0 Å². The van der Waals surface area contributed by atoms with Gasteiger partial charge in [-0.1, -0.05) is 0 Å². The second-order valence-electron chi connectivity index (χ2n) is 3.51. The van der Waals surface area contributed by atoms with Crippen LogP contribution in [0.4, 0.5) is 0 Å². The van der Waals surface area contributed by atoms with E-state index in [0.717, 1.165) is 22.4 Å². The van der Waals surface area contributed by atoms with Gasteiger partial charge in [0, 0.05) is 6.92 Å². The van der Waals surface area contributed by atoms with Crippen LogP contribution in [0.1, 0.15) is 23.6 Å². The first kappa shape index (κ1) is 11.6. The van der Waals surface area contributed by atoms with E-state index in [4.69, 9.17) is 9.47 Å². The topological polar surface area (TPSA) is 35.5 Å². The lowest BCUT2D eigenvalue weighted by Crippen LogP contribution is -2.02. The van der Waals surface area contributed by atoms with E-state index in [1.165, 1.54) is 6.92 Å². The predicted molar refractivity (Wildman–Crippen MR) is 57.9 cm³/mol. The number of esters is 1. The quantitative estimate of drug-likeness (QED) is 0.715. The average molecular weight is 208 g/mol. The van der Waals surface area contributed by atoms with Gasteiger partial charge in [0.25, 0.3) is 0 Å². The number of methoxy groups -OCH3 is 1. The zero-order valence-electron chi connectivity index (χ0n) is 9.59. The summed E-state index contributed by atoms with van der Waals surface area (Å²) in [6.07, 6.45) is 0. The molecule has 1 aromatic rings. The van der Waals surface area contributed by atoms with Gasteiger partial charge in [0.2, 0.25) is 0 Å². The lowest BCUT2D eigenvalue weighted by molar-refractivity contribution is -0.142. The van der Waals surface area contributed by atoms with Crippen LogP contribution in [0.2, 0.25) is 0 Å². The van der Waals surface area contributed by atoms with Gasteiger partial charge in [0.1, 0.15) is 12.4 Å². The van der Waals surface area contributed by atoms with Crippen LogP contribution in [-0.4, -0.2) is 13.1 Å². The third-order valence-electron chi connectivity index (χ3n) is 2.42. The Bertz CT molecular complexity index is 369. The fraction of sp³-hybridized carbons (Fsp3) is 0.417. The Morgan fingerprint density at radius 3 is 2.53 bits per heavy atom. The normalized spacial score (nSPS) is 9.87. The molecule has 0 amide bonds. The molecule has 3 heteroatoms. The molecule has 0 bridgehead atoms. The van der Waals surface area contributed by atoms with Crippen LogP contribution in [0.5, 0.6) is 5.75 Å². The molecule has 0 fully saturated rings. The molecule has 0 saturated heterocycles. The molecular weight excluding hydrogens is 192 g/mol. The summed E-state index contributed by atoms with van der Waals surface area (Å²) in [6.45, 7) is 5.73. The van der Waals surface area contributed by atoms with Crippen molar-refractivity contribution in [1.29, 1.82) is 0 Å². The maximum absolute atomic E-state index is 10.7. The maximum Gasteiger partial charge on any atom is 0.302 e. The Hall–Kier alpha value is -1.51. The standard InChI is InChI=1S/C12H16O3/c1-8-5-12(14-4)6-11(9(8)2)7-15-10(3)13/h5-6H,7H2,1-4H3. The van der Waals surface area contributed by atoms with Crippen LogP contribution < -0.4 is 4.74 Å². The van der Waals surface area contributed by atoms with E-state index in [-0.39, 0.29) is 5.97 Å². The molecule has 0 spiro atoms. The molecule has 0 radical (unpaired) electrons. The minimum atomic E-state index is -0.269. The van der Waals surface area contributed by atoms with Crippen molar-refractivity contribution in [2.75, 3.05) is 7.11 Å². The molecule has 15 heavy (non-hydrogen) atoms. The second-order valence-corrected chi connectivity index (χ2v) is 3.51. The number of rotatable bonds is 3. The van der Waals surface area contributed by atoms with Gasteiger partial charge in [-0.05, 0) is 42.7 Å². The lowest BCUT2D eigenvalue weighted by atomic mass is 10.0. The molecule has 0 aliphatic carbocycles. The van der Waals surface area contributed by atoms with Crippen molar-refractivity contribution in [1.82, 2.24) is 0 Å². The average Bonchev–Trinajstić information content (AvgIpc) is 2.19. The molecule has 0 aliphatic heterocycles. The molecule has 0 saturated carbocycles. The van der Waals surface area contributed by atoms with Gasteiger partial charge in [-0.25, -0.2) is 0 Å². The van der Waals surface area contributed by atoms with Crippen LogP contribution in [0.25, 0.3) is 0 Å². The molecule has 3 nitrogen and oxygen atoms in total. The van der Waals surface area contributed by atoms with Crippen LogP contribution in [0, 0.1) is 13.8 Å². The van der Waals surface area contributed by atoms with Crippen LogP contribution in [0.3, 0.4) is 0 Å². The van der Waals surface area contributed by atoms with Crippen molar-refractivity contribution < 1.29 is 14.3 Å². The molecule has 1 aromatic carbocycles. The third-order valence-corrected chi connectivity index (χ3v) is 2.42. The molecule has 82 valence electrons. The fourth-order valence-electron chi connectivity index (χ4n) is 1.34. The predicted octanol–water partition coefficient (Wildman–Crippen LogP) is 2.38. The molecule has 0 heterocycles. The summed E-state index contributed by atoms with van der Waals surface area (Å²) in [6, 6.07) is 3.86. The molecule has 0 N–H and O–H groups in total. The van der Waals surface area contributed by atoms with Gasteiger partial charge in [0.15, 0.2) is 0 Å². The second kappa shape index (κ2) is 4.82. The number of ether oxygens (including phenoxy) is 2. The minimum absolute atomic E-state index is 0.269. The monoisotopic (exact) mass is 208 g/mol. The van der Waals surface area contributed by atoms with Gasteiger partial charge in [-0.2, -0.15) is 0 Å². The van der Waals surface area contributed by atoms with Gasteiger partial charge in [-0.3, -0.25) is 4.79 Å². The summed E-state index contributed by atoms with van der Waals surface area (Å²) in [5.74, 6) is 0.523. The number of aryl methyl sites for hydroxylation is 1. The fourth-order valence-corrected chi connectivity index (χ4v) is 1.34. The first-order valence-electron chi connectivity index (χ1n) is 4.82. The number of hydrogen-bond acceptors (Lipinski definition) is 3. The summed E-state index contributed by atoms with van der Waals surface area (Å²) in [7, 11) is 1.62. The highest BCUT2D eigenvalue weighted by atomic mass is 16.5. The van der Waals surface area contributed by atoms with Crippen molar-refractivity contribution in [2.45, 2.75) is 27.4 Å². The van der Waals surface area contributed by atoms with Gasteiger partial charge < -0.3 is 9.47 Å². The van der Waals surface area contributed by atoms with Crippen molar-refractivity contribution in [3.63, 3.8) is 0 Å². The molecule has 1 rings (SSSR count). The Morgan fingerprint density at radius 1 is 1.33 bits per heavy atom. The van der Waals surface area contributed by atoms with E-state index in [2.05, 4.69) is 0 Å². The highest BCUT2D eigenvalue weighted by Gasteiger charge is 2.06. The van der Waals surface area contributed by atoms with E-state index in [9.17, 15) is 4.79 Å². The van der Waals surface area contributed by atoms with Gasteiger partial charge in [0.05, 0.1) is 7.11 Å². The first-order chi connectivity index (χ1) is 7.04. The van der Waals surface area contributed by atoms with Crippen molar-refractivity contribution in [3.8, 4) is 5.75 Å². The number of benzene rings is 1. The number of carbonyl (C=O) groups is 1. The van der Waals surface area contributed by atoms with Crippen LogP contribution in [-0.2, 0) is 16.1 Å². The van der Waals surface area contributed by atoms with Crippen LogP contribution >= 0.6 is 0 Å². The summed E-state index contributed by atoms with van der Waals surface area (Å²) in [5, 5.41) is 0. The molecular formula is C12H16O3. The SMILES string of the molecule is COc1cc(C)c(C)c(COC(C)=O)c1. The zero-order chi connectivity index (χ0) is 11.4. The molecule has 0 unspecified atom stereocenters. The highest BCUT2D eigenvalue weighted by Crippen LogP contribution is 2.22. The van der Waals surface area contributed by atoms with E-state index in [0.29, 0.717) is 6.61 Å². The van der Waals surface area contributed by atoms with Crippen molar-refractivity contribution in [2.24, 2.45) is 0 Å². The lowest BCUT2D eigenvalue weighted by Gasteiger charge is -2.11. The maximum atomic E-state index is 10.7. The summed E-state index contributed by atoms with van der Waals surface area (Å²) < 4.78 is 10.1. The largest absolute Gasteiger partial charge is 0.497 e. The number of carbonyl (C=O) groups excluding carboxylic acids is 1. The van der Waals surface area contributed by atoms with Crippen LogP contribution in [0.15, 0.2) is 12.1 Å². The Morgan fingerprint density at radius 2 is 2.00 bits per heavy atom. The Balaban J connectivity index is 2.94. The van der Waals surface area contributed by atoms with Gasteiger partial charge in [-0.15, -0.1) is 0 Å². The summed E-state index contributed by atoms with van der Waals surface area (Å²) in [4.78, 5) is 10.7. The minimum Gasteiger partial charge on any atom is -0.497 e. The Kier molecular flexibility index (Phi) is 3.72. The van der Waals surface area contributed by atoms with Crippen molar-refractivity contribution in [3.05, 3.63) is 28.8 Å². The highest BCUT2D eigenvalue weighted by molar-refractivity contribution is 5.66. The van der Waals surface area contributed by atoms with E-state index >= 15 is 0 Å². The van der Waals surface area contributed by atoms with Crippen molar-refractivity contribution >= 4 is 5.97 Å². The van der Waals surface area contributed by atoms with E-state index < -0.39 is 0 Å². The molecule has 0 aromatic heterocycles. The summed E-state index contributed by atoms with van der Waals surface area (Å²) in [5.41, 5.74) is 3.26. The van der Waals surface area contributed by atoms with Gasteiger partial charge >= 0.3 is 5.97 Å². The molecule has 0 atom stereocenters.